The topological polar surface area (TPSA) is 214 Å². The Balaban J connectivity index is 1.80. The van der Waals surface area contributed by atoms with E-state index >= 15 is 0 Å². The molecule has 0 bridgehead atoms. The van der Waals surface area contributed by atoms with Gasteiger partial charge in [0.05, 0.1) is 26.4 Å². The van der Waals surface area contributed by atoms with Crippen LogP contribution in [0.25, 0.3) is 0 Å². The fourth-order valence-corrected chi connectivity index (χ4v) is 7.25. The van der Waals surface area contributed by atoms with Crippen LogP contribution in [-0.2, 0) is 33.2 Å². The van der Waals surface area contributed by atoms with Gasteiger partial charge in [0.2, 0.25) is 0 Å². The Morgan fingerprint density at radius 1 is 0.508 bits per heavy atom. The van der Waals surface area contributed by atoms with Crippen LogP contribution in [0.3, 0.4) is 0 Å². The summed E-state index contributed by atoms with van der Waals surface area (Å²) in [5, 5.41) is 72.0. The number of unbranched alkanes of at least 4 members (excludes halogenated alkanes) is 11. The Bertz CT molecular complexity index is 1350. The Hall–Kier alpha value is -2.57. The minimum atomic E-state index is -1.72. The number of carbonyl (C=O) groups is 1. The molecule has 0 spiro atoms. The average molecular weight is 923 g/mol. The van der Waals surface area contributed by atoms with Gasteiger partial charge in [0.15, 0.2) is 12.6 Å². The molecular weight excluding hydrogens is 837 g/mol. The molecule has 0 aliphatic carbocycles. The van der Waals surface area contributed by atoms with Gasteiger partial charge >= 0.3 is 5.97 Å². The van der Waals surface area contributed by atoms with Crippen molar-refractivity contribution in [2.45, 2.75) is 210 Å². The molecule has 2 aliphatic heterocycles. The molecule has 2 aliphatic rings. The molecule has 14 heteroatoms. The van der Waals surface area contributed by atoms with Crippen molar-refractivity contribution >= 4 is 5.97 Å². The number of carbonyl (C=O) groups excluding carboxylic acids is 1. The van der Waals surface area contributed by atoms with Gasteiger partial charge in [-0.2, -0.15) is 0 Å². The van der Waals surface area contributed by atoms with Crippen LogP contribution in [0, 0.1) is 0 Å². The normalized spacial score (nSPS) is 27.2. The van der Waals surface area contributed by atoms with Crippen LogP contribution in [0.2, 0.25) is 0 Å². The molecule has 11 unspecified atom stereocenters. The van der Waals surface area contributed by atoms with E-state index in [1.807, 2.05) is 0 Å². The quantitative estimate of drug-likeness (QED) is 0.0196. The molecule has 0 radical (unpaired) electrons. The van der Waals surface area contributed by atoms with Gasteiger partial charge in [0.25, 0.3) is 0 Å². The third-order valence-electron chi connectivity index (χ3n) is 11.2. The van der Waals surface area contributed by atoms with Crippen LogP contribution < -0.4 is 0 Å². The van der Waals surface area contributed by atoms with Crippen molar-refractivity contribution in [3.8, 4) is 0 Å². The third-order valence-corrected chi connectivity index (χ3v) is 11.2. The smallest absolute Gasteiger partial charge is 0.306 e. The molecular formula is C51H86O14. The molecule has 11 atom stereocenters. The standard InChI is InChI=1S/C51H86O14/c1-3-5-7-9-11-13-15-17-19-20-21-22-24-26-28-30-32-34-43(53)63-40(37-60-35-33-31-29-27-25-23-18-16-14-12-10-8-6-4-2)38-61-50-49(59)47(57)45(55)42(65-50)39-62-51-48(58)46(56)44(54)41(36-52)64-51/h5-8,11-14,17-19,23,40-42,44-52,54-59H,3-4,9-10,15-16,20-22,24-39H2,1-2H3/b7-5-,8-6-,13-11-,14-12-,19-17-,23-18-. The molecule has 2 saturated heterocycles. The summed E-state index contributed by atoms with van der Waals surface area (Å²) in [5.41, 5.74) is 0. The van der Waals surface area contributed by atoms with Gasteiger partial charge in [0.1, 0.15) is 54.9 Å². The number of ether oxygens (including phenoxy) is 6. The van der Waals surface area contributed by atoms with E-state index < -0.39 is 86.7 Å². The van der Waals surface area contributed by atoms with Gasteiger partial charge in [-0.15, -0.1) is 0 Å². The van der Waals surface area contributed by atoms with Gasteiger partial charge in [0, 0.05) is 13.0 Å². The maximum atomic E-state index is 13.0. The summed E-state index contributed by atoms with van der Waals surface area (Å²) in [7, 11) is 0. The van der Waals surface area contributed by atoms with Gasteiger partial charge < -0.3 is 64.2 Å². The summed E-state index contributed by atoms with van der Waals surface area (Å²) >= 11 is 0. The maximum absolute atomic E-state index is 13.0. The predicted molar refractivity (Wildman–Crippen MR) is 252 cm³/mol. The minimum Gasteiger partial charge on any atom is -0.457 e. The molecule has 0 aromatic rings. The van der Waals surface area contributed by atoms with E-state index in [0.717, 1.165) is 103 Å². The van der Waals surface area contributed by atoms with Crippen molar-refractivity contribution < 1.29 is 69.0 Å². The lowest BCUT2D eigenvalue weighted by Crippen LogP contribution is -2.61. The third kappa shape index (κ3) is 26.5. The monoisotopic (exact) mass is 923 g/mol. The van der Waals surface area contributed by atoms with Crippen molar-refractivity contribution in [1.29, 1.82) is 0 Å². The predicted octanol–water partition coefficient (Wildman–Crippen LogP) is 6.73. The van der Waals surface area contributed by atoms with Crippen LogP contribution in [0.5, 0.6) is 0 Å². The van der Waals surface area contributed by atoms with E-state index in [9.17, 15) is 40.5 Å². The molecule has 7 N–H and O–H groups in total. The lowest BCUT2D eigenvalue weighted by molar-refractivity contribution is -0.332. The molecule has 65 heavy (non-hydrogen) atoms. The van der Waals surface area contributed by atoms with Crippen molar-refractivity contribution in [2.24, 2.45) is 0 Å². The van der Waals surface area contributed by atoms with Crippen LogP contribution in [0.15, 0.2) is 72.9 Å². The fraction of sp³-hybridized carbons (Fsp3) is 0.745. The fourth-order valence-electron chi connectivity index (χ4n) is 7.25. The lowest BCUT2D eigenvalue weighted by atomic mass is 9.98. The van der Waals surface area contributed by atoms with E-state index in [0.29, 0.717) is 13.0 Å². The number of hydrogen-bond donors (Lipinski definition) is 7. The second-order valence-corrected chi connectivity index (χ2v) is 16.9. The number of allylic oxidation sites excluding steroid dienone is 12. The summed E-state index contributed by atoms with van der Waals surface area (Å²) in [6.07, 6.45) is 29.6. The molecule has 14 nitrogen and oxygen atoms in total. The zero-order valence-corrected chi connectivity index (χ0v) is 39.4. The van der Waals surface area contributed by atoms with Gasteiger partial charge in [-0.25, -0.2) is 0 Å². The van der Waals surface area contributed by atoms with Gasteiger partial charge in [-0.1, -0.05) is 132 Å². The van der Waals surface area contributed by atoms with E-state index in [4.69, 9.17) is 28.4 Å². The summed E-state index contributed by atoms with van der Waals surface area (Å²) in [4.78, 5) is 13.0. The Kier molecular flexibility index (Phi) is 34.6. The van der Waals surface area contributed by atoms with Crippen LogP contribution in [0.1, 0.15) is 142 Å². The summed E-state index contributed by atoms with van der Waals surface area (Å²) < 4.78 is 34.2. The lowest BCUT2D eigenvalue weighted by Gasteiger charge is -2.42. The van der Waals surface area contributed by atoms with Gasteiger partial charge in [-0.05, 0) is 77.0 Å². The van der Waals surface area contributed by atoms with Crippen LogP contribution >= 0.6 is 0 Å². The first-order chi connectivity index (χ1) is 31.6. The zero-order valence-electron chi connectivity index (χ0n) is 39.4. The molecule has 0 amide bonds. The van der Waals surface area contributed by atoms with Crippen LogP contribution in [-0.4, -0.2) is 142 Å². The van der Waals surface area contributed by atoms with Crippen LogP contribution in [0.4, 0.5) is 0 Å². The first-order valence-corrected chi connectivity index (χ1v) is 24.5. The molecule has 2 heterocycles. The van der Waals surface area contributed by atoms with Crippen molar-refractivity contribution in [3.05, 3.63) is 72.9 Å². The van der Waals surface area contributed by atoms with Crippen molar-refractivity contribution in [2.75, 3.05) is 33.0 Å². The molecule has 374 valence electrons. The average Bonchev–Trinajstić information content (AvgIpc) is 3.30. The first-order valence-electron chi connectivity index (χ1n) is 24.5. The SMILES string of the molecule is CC/C=C\C/C=C\C/C=C\CCCCCCCCCC(=O)OC(COCCCCCC/C=C\C/C=C\C/C=C\CC)COC1OC(COC2OC(CO)C(O)C(O)C2O)C(O)C(O)C1O. The van der Waals surface area contributed by atoms with Gasteiger partial charge in [-0.3, -0.25) is 4.79 Å². The molecule has 0 aromatic heterocycles. The zero-order chi connectivity index (χ0) is 47.3. The second-order valence-electron chi connectivity index (χ2n) is 16.9. The van der Waals surface area contributed by atoms with E-state index in [2.05, 4.69) is 86.8 Å². The largest absolute Gasteiger partial charge is 0.457 e. The number of esters is 1. The Morgan fingerprint density at radius 3 is 1.49 bits per heavy atom. The molecule has 0 saturated carbocycles. The molecule has 2 fully saturated rings. The van der Waals surface area contributed by atoms with E-state index in [1.54, 1.807) is 0 Å². The summed E-state index contributed by atoms with van der Waals surface area (Å²) in [6, 6.07) is 0. The van der Waals surface area contributed by atoms with Crippen molar-refractivity contribution in [3.63, 3.8) is 0 Å². The van der Waals surface area contributed by atoms with Crippen molar-refractivity contribution in [1.82, 2.24) is 0 Å². The highest BCUT2D eigenvalue weighted by Crippen LogP contribution is 2.26. The number of rotatable bonds is 37. The molecule has 2 rings (SSSR count). The molecule has 0 aromatic carbocycles. The van der Waals surface area contributed by atoms with E-state index in [1.165, 1.54) is 12.8 Å². The minimum absolute atomic E-state index is 0.0381. The second kappa shape index (κ2) is 38.4. The highest BCUT2D eigenvalue weighted by Gasteiger charge is 2.47. The summed E-state index contributed by atoms with van der Waals surface area (Å²) in [5.74, 6) is -0.399. The first kappa shape index (κ1) is 58.6. The highest BCUT2D eigenvalue weighted by molar-refractivity contribution is 5.69. The Labute approximate surface area is 389 Å². The Morgan fingerprint density at radius 2 is 0.954 bits per heavy atom. The number of aliphatic hydroxyl groups is 7. The highest BCUT2D eigenvalue weighted by atomic mass is 16.7. The number of hydrogen-bond acceptors (Lipinski definition) is 14. The number of aliphatic hydroxyl groups excluding tert-OH is 7. The maximum Gasteiger partial charge on any atom is 0.306 e. The van der Waals surface area contributed by atoms with E-state index in [-0.39, 0.29) is 19.6 Å². The summed E-state index contributed by atoms with van der Waals surface area (Å²) in [6.45, 7) is 3.37.